The topological polar surface area (TPSA) is 81.4 Å². The van der Waals surface area contributed by atoms with Gasteiger partial charge in [0.15, 0.2) is 0 Å². The van der Waals surface area contributed by atoms with Crippen LogP contribution < -0.4 is 11.1 Å². The van der Waals surface area contributed by atoms with Crippen LogP contribution >= 0.6 is 0 Å². The monoisotopic (exact) mass is 188 g/mol. The summed E-state index contributed by atoms with van der Waals surface area (Å²) in [5.41, 5.74) is 3.94. The fourth-order valence-corrected chi connectivity index (χ4v) is 1.21. The first-order valence-corrected chi connectivity index (χ1v) is 4.12. The van der Waals surface area contributed by atoms with Gasteiger partial charge in [0, 0.05) is 0 Å². The van der Waals surface area contributed by atoms with Crippen molar-refractivity contribution in [2.45, 2.75) is 32.2 Å². The van der Waals surface area contributed by atoms with Crippen LogP contribution in [0.2, 0.25) is 0 Å². The number of carbonyl (C=O) groups is 2. The number of carbonyl (C=O) groups excluding carboxylic acids is 2. The fraction of sp³-hybridized carbons (Fsp3) is 0.750. The summed E-state index contributed by atoms with van der Waals surface area (Å²) in [5.74, 6) is -0.479. The number of amides is 2. The lowest BCUT2D eigenvalue weighted by Gasteiger charge is -2.26. The predicted octanol–water partition coefficient (Wildman–Crippen LogP) is 0.387. The molecule has 76 valence electrons. The third-order valence-corrected chi connectivity index (χ3v) is 1.79. The van der Waals surface area contributed by atoms with Crippen molar-refractivity contribution in [1.82, 2.24) is 5.32 Å². The lowest BCUT2D eigenvalue weighted by molar-refractivity contribution is -0.147. The van der Waals surface area contributed by atoms with Crippen LogP contribution in [0.15, 0.2) is 0 Å². The maximum absolute atomic E-state index is 11.3. The Hall–Kier alpha value is -1.26. The Morgan fingerprint density at radius 3 is 2.38 bits per heavy atom. The summed E-state index contributed by atoms with van der Waals surface area (Å²) in [6.07, 6.45) is 1.26. The molecule has 0 aromatic heterocycles. The zero-order valence-electron chi connectivity index (χ0n) is 8.22. The quantitative estimate of drug-likeness (QED) is 0.626. The summed E-state index contributed by atoms with van der Waals surface area (Å²) in [5, 5.41) is 2.37. The number of ether oxygens (including phenoxy) is 1. The second-order valence-corrected chi connectivity index (χ2v) is 3.06. The number of hydrogen-bond acceptors (Lipinski definition) is 3. The first kappa shape index (κ1) is 11.7. The maximum atomic E-state index is 11.3. The van der Waals surface area contributed by atoms with Crippen molar-refractivity contribution in [3.8, 4) is 0 Å². The molecule has 0 aromatic rings. The van der Waals surface area contributed by atoms with E-state index in [2.05, 4.69) is 10.1 Å². The number of primary amides is 1. The normalized spacial score (nSPS) is 14.4. The Kier molecular flexibility index (Phi) is 4.23. The molecule has 0 heterocycles. The molecule has 0 aliphatic carbocycles. The molecule has 0 rings (SSSR count). The number of nitrogens with two attached hydrogens (primary N) is 1. The first-order chi connectivity index (χ1) is 5.96. The molecule has 0 fully saturated rings. The Morgan fingerprint density at radius 1 is 1.54 bits per heavy atom. The minimum absolute atomic E-state index is 0.479. The highest BCUT2D eigenvalue weighted by atomic mass is 16.5. The van der Waals surface area contributed by atoms with Gasteiger partial charge in [-0.2, -0.15) is 0 Å². The summed E-state index contributed by atoms with van der Waals surface area (Å²) in [6, 6.07) is -0.721. The molecule has 0 aliphatic heterocycles. The van der Waals surface area contributed by atoms with Crippen molar-refractivity contribution in [1.29, 1.82) is 0 Å². The summed E-state index contributed by atoms with van der Waals surface area (Å²) < 4.78 is 4.56. The average molecular weight is 188 g/mol. The van der Waals surface area contributed by atoms with Gasteiger partial charge in [-0.3, -0.25) is 0 Å². The SMILES string of the molecule is CCCC(C)(NC(N)=O)C(=O)OC. The van der Waals surface area contributed by atoms with Gasteiger partial charge in [-0.1, -0.05) is 13.3 Å². The lowest BCUT2D eigenvalue weighted by atomic mass is 9.96. The molecule has 5 heteroatoms. The first-order valence-electron chi connectivity index (χ1n) is 4.12. The van der Waals surface area contributed by atoms with Crippen molar-refractivity contribution < 1.29 is 14.3 Å². The summed E-state index contributed by atoms with van der Waals surface area (Å²) >= 11 is 0. The molecule has 2 amide bonds. The number of urea groups is 1. The van der Waals surface area contributed by atoms with Crippen molar-refractivity contribution in [3.63, 3.8) is 0 Å². The summed E-state index contributed by atoms with van der Waals surface area (Å²) in [6.45, 7) is 3.50. The van der Waals surface area contributed by atoms with Gasteiger partial charge < -0.3 is 15.8 Å². The van der Waals surface area contributed by atoms with E-state index in [4.69, 9.17) is 5.73 Å². The molecule has 13 heavy (non-hydrogen) atoms. The average Bonchev–Trinajstić information content (AvgIpc) is 2.02. The van der Waals surface area contributed by atoms with Crippen LogP contribution in [0.3, 0.4) is 0 Å². The highest BCUT2D eigenvalue weighted by Gasteiger charge is 2.34. The summed E-state index contributed by atoms with van der Waals surface area (Å²) in [4.78, 5) is 21.9. The number of methoxy groups -OCH3 is 1. The third kappa shape index (κ3) is 3.31. The van der Waals surface area contributed by atoms with Crippen molar-refractivity contribution in [2.75, 3.05) is 7.11 Å². The van der Waals surface area contributed by atoms with Crippen molar-refractivity contribution >= 4 is 12.0 Å². The lowest BCUT2D eigenvalue weighted by Crippen LogP contribution is -2.54. The molecule has 1 atom stereocenters. The zero-order valence-corrected chi connectivity index (χ0v) is 8.22. The van der Waals surface area contributed by atoms with E-state index in [9.17, 15) is 9.59 Å². The largest absolute Gasteiger partial charge is 0.467 e. The highest BCUT2D eigenvalue weighted by Crippen LogP contribution is 2.13. The Morgan fingerprint density at radius 2 is 2.08 bits per heavy atom. The van der Waals surface area contributed by atoms with Crippen LogP contribution in [-0.4, -0.2) is 24.6 Å². The van der Waals surface area contributed by atoms with Crippen LogP contribution in [0.5, 0.6) is 0 Å². The van der Waals surface area contributed by atoms with E-state index < -0.39 is 17.5 Å². The smallest absolute Gasteiger partial charge is 0.331 e. The van der Waals surface area contributed by atoms with E-state index in [-0.39, 0.29) is 0 Å². The molecule has 0 bridgehead atoms. The second kappa shape index (κ2) is 4.69. The Balaban J connectivity index is 4.50. The van der Waals surface area contributed by atoms with Gasteiger partial charge in [0.2, 0.25) is 0 Å². The molecule has 0 saturated heterocycles. The van der Waals surface area contributed by atoms with Crippen LogP contribution in [0.25, 0.3) is 0 Å². The molecule has 0 spiro atoms. The molecule has 1 unspecified atom stereocenters. The van der Waals surface area contributed by atoms with E-state index in [1.807, 2.05) is 6.92 Å². The number of hydrogen-bond donors (Lipinski definition) is 2. The van der Waals surface area contributed by atoms with E-state index in [1.165, 1.54) is 7.11 Å². The van der Waals surface area contributed by atoms with E-state index in [0.29, 0.717) is 6.42 Å². The molecule has 0 saturated carbocycles. The van der Waals surface area contributed by atoms with Gasteiger partial charge in [0.05, 0.1) is 7.11 Å². The van der Waals surface area contributed by atoms with Crippen LogP contribution in [-0.2, 0) is 9.53 Å². The van der Waals surface area contributed by atoms with Crippen LogP contribution in [0.4, 0.5) is 4.79 Å². The van der Waals surface area contributed by atoms with E-state index in [1.54, 1.807) is 6.92 Å². The van der Waals surface area contributed by atoms with Crippen molar-refractivity contribution in [2.24, 2.45) is 5.73 Å². The van der Waals surface area contributed by atoms with Crippen molar-refractivity contribution in [3.05, 3.63) is 0 Å². The number of esters is 1. The number of nitrogens with one attached hydrogen (secondary N) is 1. The van der Waals surface area contributed by atoms with Crippen LogP contribution in [0.1, 0.15) is 26.7 Å². The van der Waals surface area contributed by atoms with Gasteiger partial charge in [0.25, 0.3) is 0 Å². The highest BCUT2D eigenvalue weighted by molar-refractivity contribution is 5.86. The Bertz CT molecular complexity index is 206. The predicted molar refractivity (Wildman–Crippen MR) is 48.0 cm³/mol. The van der Waals surface area contributed by atoms with Gasteiger partial charge in [-0.05, 0) is 13.3 Å². The van der Waals surface area contributed by atoms with Gasteiger partial charge in [0.1, 0.15) is 5.54 Å². The minimum Gasteiger partial charge on any atom is -0.467 e. The Labute approximate surface area is 77.6 Å². The van der Waals surface area contributed by atoms with Gasteiger partial charge >= 0.3 is 12.0 Å². The molecular weight excluding hydrogens is 172 g/mol. The zero-order chi connectivity index (χ0) is 10.5. The van der Waals surface area contributed by atoms with E-state index in [0.717, 1.165) is 6.42 Å². The molecule has 5 nitrogen and oxygen atoms in total. The minimum atomic E-state index is -1.00. The standard InChI is InChI=1S/C8H16N2O3/c1-4-5-8(2,6(11)13-3)10-7(9)12/h4-5H2,1-3H3,(H3,9,10,12). The molecule has 3 N–H and O–H groups in total. The number of rotatable bonds is 4. The maximum Gasteiger partial charge on any atom is 0.331 e. The summed E-state index contributed by atoms with van der Waals surface area (Å²) in [7, 11) is 1.28. The molecule has 0 aromatic carbocycles. The van der Waals surface area contributed by atoms with Crippen LogP contribution in [0, 0.1) is 0 Å². The third-order valence-electron chi connectivity index (χ3n) is 1.79. The van der Waals surface area contributed by atoms with Gasteiger partial charge in [-0.25, -0.2) is 9.59 Å². The molecule has 0 radical (unpaired) electrons. The van der Waals surface area contributed by atoms with Gasteiger partial charge in [-0.15, -0.1) is 0 Å². The second-order valence-electron chi connectivity index (χ2n) is 3.06. The van der Waals surface area contributed by atoms with E-state index >= 15 is 0 Å². The molecular formula is C8H16N2O3. The fourth-order valence-electron chi connectivity index (χ4n) is 1.21. The molecule has 0 aliphatic rings.